The third-order valence-corrected chi connectivity index (χ3v) is 5.18. The molecule has 0 aliphatic rings. The number of aryl methyl sites for hydroxylation is 1. The molecule has 2 heterocycles. The molecule has 0 unspecified atom stereocenters. The highest BCUT2D eigenvalue weighted by Crippen LogP contribution is 2.37. The number of nitrogens with one attached hydrogen (secondary N) is 1. The summed E-state index contributed by atoms with van der Waals surface area (Å²) < 4.78 is 80.0. The number of benzene rings is 2. The van der Waals surface area contributed by atoms with Crippen LogP contribution in [-0.2, 0) is 32.5 Å². The molecule has 0 spiro atoms. The van der Waals surface area contributed by atoms with E-state index in [1.165, 1.54) is 11.9 Å². The lowest BCUT2D eigenvalue weighted by Crippen LogP contribution is -2.25. The molecular weight excluding hydrogens is 482 g/mol. The molecule has 8 nitrogen and oxygen atoms in total. The second-order valence-corrected chi connectivity index (χ2v) is 7.68. The van der Waals surface area contributed by atoms with Crippen LogP contribution in [0.25, 0.3) is 10.9 Å². The van der Waals surface area contributed by atoms with Crippen LogP contribution in [0.5, 0.6) is 0 Å². The van der Waals surface area contributed by atoms with E-state index in [0.29, 0.717) is 23.0 Å². The Labute approximate surface area is 192 Å². The van der Waals surface area contributed by atoms with Gasteiger partial charge in [-0.2, -0.15) is 31.1 Å². The SMILES string of the molecule is Cn1nnc(N(Cc2cc(C(F)(F)F)cc(C(F)(F)F)c2)Cc2c(C(=O)O)[nH]c3ccccc23)n1. The first-order chi connectivity index (χ1) is 16.3. The number of rotatable bonds is 6. The van der Waals surface area contributed by atoms with Gasteiger partial charge >= 0.3 is 18.3 Å². The fraction of sp³-hybridized carbons (Fsp3) is 0.238. The second-order valence-electron chi connectivity index (χ2n) is 7.68. The number of alkyl halides is 6. The highest BCUT2D eigenvalue weighted by molar-refractivity contribution is 5.97. The summed E-state index contributed by atoms with van der Waals surface area (Å²) in [5, 5.41) is 21.7. The Morgan fingerprint density at radius 1 is 1.03 bits per heavy atom. The predicted molar refractivity (Wildman–Crippen MR) is 110 cm³/mol. The molecule has 184 valence electrons. The molecule has 0 aliphatic carbocycles. The quantitative estimate of drug-likeness (QED) is 0.376. The summed E-state index contributed by atoms with van der Waals surface area (Å²) in [7, 11) is 1.43. The van der Waals surface area contributed by atoms with Gasteiger partial charge < -0.3 is 15.0 Å². The van der Waals surface area contributed by atoms with Crippen LogP contribution in [0.2, 0.25) is 0 Å². The lowest BCUT2D eigenvalue weighted by atomic mass is 10.0. The summed E-state index contributed by atoms with van der Waals surface area (Å²) in [5.74, 6) is -1.40. The number of carbonyl (C=O) groups is 1. The zero-order chi connectivity index (χ0) is 25.5. The van der Waals surface area contributed by atoms with Crippen LogP contribution in [0.15, 0.2) is 42.5 Å². The van der Waals surface area contributed by atoms with E-state index in [1.807, 2.05) is 0 Å². The van der Waals surface area contributed by atoms with Crippen molar-refractivity contribution in [1.82, 2.24) is 25.2 Å². The van der Waals surface area contributed by atoms with E-state index in [4.69, 9.17) is 0 Å². The molecule has 0 bridgehead atoms. The molecular formula is C21H16F6N6O2. The summed E-state index contributed by atoms with van der Waals surface area (Å²) in [6.45, 7) is -0.730. The minimum Gasteiger partial charge on any atom is -0.477 e. The van der Waals surface area contributed by atoms with Crippen molar-refractivity contribution < 1.29 is 36.2 Å². The molecule has 2 aromatic carbocycles. The number of aromatic carboxylic acids is 1. The standard InChI is InChI=1S/C21H16F6N6O2/c1-32-30-19(29-31-32)33(10-15-14-4-2-3-5-16(14)28-17(15)18(34)35)9-11-6-12(20(22,23)24)8-13(7-11)21(25,26)27/h2-8,28H,9-10H2,1H3,(H,34,35). The fourth-order valence-corrected chi connectivity index (χ4v) is 3.67. The number of aromatic amines is 1. The number of aromatic nitrogens is 5. The molecule has 0 amide bonds. The maximum Gasteiger partial charge on any atom is 0.416 e. The Hall–Kier alpha value is -4.10. The monoisotopic (exact) mass is 498 g/mol. The first kappa shape index (κ1) is 24.0. The van der Waals surface area contributed by atoms with Crippen LogP contribution < -0.4 is 4.90 Å². The minimum atomic E-state index is -5.01. The van der Waals surface area contributed by atoms with E-state index in [1.54, 1.807) is 24.3 Å². The number of carboxylic acid groups (broad SMARTS) is 1. The molecule has 2 aromatic heterocycles. The van der Waals surface area contributed by atoms with Crippen molar-refractivity contribution in [2.45, 2.75) is 25.4 Å². The van der Waals surface area contributed by atoms with Gasteiger partial charge in [-0.3, -0.25) is 0 Å². The van der Waals surface area contributed by atoms with Crippen LogP contribution in [0, 0.1) is 0 Å². The van der Waals surface area contributed by atoms with Crippen molar-refractivity contribution >= 4 is 22.8 Å². The largest absolute Gasteiger partial charge is 0.477 e. The average molecular weight is 498 g/mol. The van der Waals surface area contributed by atoms with Crippen molar-refractivity contribution in [3.63, 3.8) is 0 Å². The van der Waals surface area contributed by atoms with Crippen LogP contribution in [0.4, 0.5) is 32.3 Å². The minimum absolute atomic E-state index is 0.0383. The van der Waals surface area contributed by atoms with Crippen LogP contribution in [-0.4, -0.2) is 36.3 Å². The summed E-state index contributed by atoms with van der Waals surface area (Å²) in [4.78, 5) is 16.9. The van der Waals surface area contributed by atoms with Gasteiger partial charge in [0.1, 0.15) is 5.69 Å². The van der Waals surface area contributed by atoms with E-state index >= 15 is 0 Å². The van der Waals surface area contributed by atoms with Crippen molar-refractivity contribution in [1.29, 1.82) is 0 Å². The molecule has 4 aromatic rings. The van der Waals surface area contributed by atoms with E-state index in [-0.39, 0.29) is 35.4 Å². The molecule has 0 saturated heterocycles. The topological polar surface area (TPSA) is 99.9 Å². The first-order valence-corrected chi connectivity index (χ1v) is 9.93. The zero-order valence-electron chi connectivity index (χ0n) is 17.8. The Morgan fingerprint density at radius 3 is 2.20 bits per heavy atom. The van der Waals surface area contributed by atoms with Crippen LogP contribution in [0.1, 0.15) is 32.7 Å². The lowest BCUT2D eigenvalue weighted by molar-refractivity contribution is -0.143. The number of hydrogen-bond donors (Lipinski definition) is 2. The highest BCUT2D eigenvalue weighted by Gasteiger charge is 2.37. The number of carboxylic acids is 1. The maximum absolute atomic E-state index is 13.3. The number of hydrogen-bond acceptors (Lipinski definition) is 5. The summed E-state index contributed by atoms with van der Waals surface area (Å²) in [6.07, 6.45) is -10.0. The average Bonchev–Trinajstić information content (AvgIpc) is 3.36. The molecule has 35 heavy (non-hydrogen) atoms. The van der Waals surface area contributed by atoms with Gasteiger partial charge in [0.2, 0.25) is 0 Å². The molecule has 0 aliphatic heterocycles. The third kappa shape index (κ3) is 5.05. The second kappa shape index (κ2) is 8.60. The maximum atomic E-state index is 13.3. The van der Waals surface area contributed by atoms with Gasteiger partial charge in [-0.15, -0.1) is 5.10 Å². The van der Waals surface area contributed by atoms with Crippen molar-refractivity contribution in [2.24, 2.45) is 7.05 Å². The Kier molecular flexibility index (Phi) is 5.90. The molecule has 14 heteroatoms. The number of nitrogens with zero attached hydrogens (tertiary/aromatic N) is 5. The number of H-pyrrole nitrogens is 1. The van der Waals surface area contributed by atoms with E-state index in [0.717, 1.165) is 4.80 Å². The molecule has 4 rings (SSSR count). The van der Waals surface area contributed by atoms with Crippen LogP contribution in [0.3, 0.4) is 0 Å². The van der Waals surface area contributed by atoms with Crippen molar-refractivity contribution in [2.75, 3.05) is 4.90 Å². The number of anilines is 1. The van der Waals surface area contributed by atoms with Gasteiger partial charge in [0.15, 0.2) is 0 Å². The van der Waals surface area contributed by atoms with E-state index in [2.05, 4.69) is 20.4 Å². The smallest absolute Gasteiger partial charge is 0.416 e. The van der Waals surface area contributed by atoms with Gasteiger partial charge in [0.05, 0.1) is 18.2 Å². The number of fused-ring (bicyclic) bond motifs is 1. The van der Waals surface area contributed by atoms with Gasteiger partial charge in [-0.05, 0) is 35.0 Å². The molecule has 0 atom stereocenters. The third-order valence-electron chi connectivity index (χ3n) is 5.18. The van der Waals surface area contributed by atoms with Gasteiger partial charge in [0, 0.05) is 29.6 Å². The molecule has 0 radical (unpaired) electrons. The number of halogens is 6. The van der Waals surface area contributed by atoms with Crippen molar-refractivity contribution in [3.8, 4) is 0 Å². The Morgan fingerprint density at radius 2 is 1.66 bits per heavy atom. The number of para-hydroxylation sites is 1. The summed E-state index contributed by atoms with van der Waals surface area (Å²) >= 11 is 0. The van der Waals surface area contributed by atoms with E-state index in [9.17, 15) is 36.2 Å². The first-order valence-electron chi connectivity index (χ1n) is 9.93. The molecule has 0 fully saturated rings. The number of tetrazole rings is 1. The predicted octanol–water partition coefficient (Wildman–Crippen LogP) is 4.63. The molecule has 2 N–H and O–H groups in total. The van der Waals surface area contributed by atoms with E-state index < -0.39 is 36.0 Å². The van der Waals surface area contributed by atoms with Crippen molar-refractivity contribution in [3.05, 3.63) is 70.4 Å². The summed E-state index contributed by atoms with van der Waals surface area (Å²) in [6, 6.07) is 7.87. The lowest BCUT2D eigenvalue weighted by Gasteiger charge is -2.22. The fourth-order valence-electron chi connectivity index (χ4n) is 3.67. The van der Waals surface area contributed by atoms with Gasteiger partial charge in [-0.25, -0.2) is 4.79 Å². The zero-order valence-corrected chi connectivity index (χ0v) is 17.8. The Bertz CT molecular complexity index is 1360. The molecule has 0 saturated carbocycles. The highest BCUT2D eigenvalue weighted by atomic mass is 19.4. The van der Waals surface area contributed by atoms with Crippen LogP contribution >= 0.6 is 0 Å². The van der Waals surface area contributed by atoms with Gasteiger partial charge in [0.25, 0.3) is 5.95 Å². The summed E-state index contributed by atoms with van der Waals surface area (Å²) in [5.41, 5.74) is -2.69. The normalized spacial score (nSPS) is 12.3. The Balaban J connectivity index is 1.81. The van der Waals surface area contributed by atoms with Gasteiger partial charge in [-0.1, -0.05) is 23.3 Å².